The molecule has 134 valence electrons. The Balaban J connectivity index is 1.84. The number of carbonyl (C=O) groups excluding carboxylic acids is 2. The van der Waals surface area contributed by atoms with Crippen LogP contribution < -0.4 is 0 Å². The van der Waals surface area contributed by atoms with E-state index in [4.69, 9.17) is 5.26 Å². The minimum atomic E-state index is -0.379. The highest BCUT2D eigenvalue weighted by molar-refractivity contribution is 5.94. The molecule has 1 aromatic carbocycles. The molecular formula is C18H23FN4O2. The molecule has 25 heavy (non-hydrogen) atoms. The lowest BCUT2D eigenvalue weighted by Gasteiger charge is -2.35. The number of halogens is 1. The summed E-state index contributed by atoms with van der Waals surface area (Å²) in [6.07, 6.45) is 0.317. The summed E-state index contributed by atoms with van der Waals surface area (Å²) in [4.78, 5) is 29.8. The van der Waals surface area contributed by atoms with Gasteiger partial charge in [0.2, 0.25) is 5.91 Å². The van der Waals surface area contributed by atoms with Gasteiger partial charge >= 0.3 is 0 Å². The molecule has 1 fully saturated rings. The molecule has 0 bridgehead atoms. The Morgan fingerprint density at radius 1 is 1.28 bits per heavy atom. The van der Waals surface area contributed by atoms with Gasteiger partial charge in [0.1, 0.15) is 5.82 Å². The molecule has 1 saturated heterocycles. The molecule has 1 aromatic rings. The summed E-state index contributed by atoms with van der Waals surface area (Å²) in [5.74, 6) is -0.595. The van der Waals surface area contributed by atoms with E-state index in [1.165, 1.54) is 6.07 Å². The van der Waals surface area contributed by atoms with Gasteiger partial charge in [0.05, 0.1) is 19.0 Å². The van der Waals surface area contributed by atoms with Gasteiger partial charge in [-0.05, 0) is 24.6 Å². The third kappa shape index (κ3) is 5.00. The summed E-state index contributed by atoms with van der Waals surface area (Å²) in [5.41, 5.74) is 0.865. The number of likely N-dealkylation sites (N-methyl/N-ethyl adjacent to an activating group) is 1. The summed E-state index contributed by atoms with van der Waals surface area (Å²) >= 11 is 0. The van der Waals surface area contributed by atoms with Crippen LogP contribution in [0.5, 0.6) is 0 Å². The largest absolute Gasteiger partial charge is 0.344 e. The van der Waals surface area contributed by atoms with E-state index < -0.39 is 0 Å². The predicted octanol–water partition coefficient (Wildman–Crippen LogP) is 1.26. The van der Waals surface area contributed by atoms with Crippen LogP contribution in [0.25, 0.3) is 0 Å². The normalized spacial score (nSPS) is 14.9. The number of benzene rings is 1. The third-order valence-electron chi connectivity index (χ3n) is 4.42. The molecule has 0 N–H and O–H groups in total. The third-order valence-corrected chi connectivity index (χ3v) is 4.42. The molecule has 1 aliphatic rings. The maximum absolute atomic E-state index is 13.6. The van der Waals surface area contributed by atoms with Crippen LogP contribution in [0.3, 0.4) is 0 Å². The SMILES string of the molecule is Cc1ccc(C(=O)N2CCN(CC(=O)N(C)CCC#N)CC2)cc1F. The second kappa shape index (κ2) is 8.58. The maximum Gasteiger partial charge on any atom is 0.254 e. The molecule has 2 amide bonds. The van der Waals surface area contributed by atoms with E-state index in [2.05, 4.69) is 0 Å². The molecule has 0 aromatic heterocycles. The second-order valence-electron chi connectivity index (χ2n) is 6.26. The summed E-state index contributed by atoms with van der Waals surface area (Å²) in [6, 6.07) is 6.54. The first kappa shape index (κ1) is 18.9. The number of carbonyl (C=O) groups is 2. The molecule has 0 radical (unpaired) electrons. The summed E-state index contributed by atoms with van der Waals surface area (Å²) in [6.45, 7) is 4.56. The number of rotatable bonds is 5. The van der Waals surface area contributed by atoms with Crippen molar-refractivity contribution in [1.82, 2.24) is 14.7 Å². The fraction of sp³-hybridized carbons (Fsp3) is 0.500. The molecule has 0 spiro atoms. The predicted molar refractivity (Wildman–Crippen MR) is 91.3 cm³/mol. The maximum atomic E-state index is 13.6. The highest BCUT2D eigenvalue weighted by Crippen LogP contribution is 2.13. The summed E-state index contributed by atoms with van der Waals surface area (Å²) in [5, 5.41) is 8.57. The number of aryl methyl sites for hydroxylation is 1. The summed E-state index contributed by atoms with van der Waals surface area (Å²) in [7, 11) is 1.69. The molecule has 0 atom stereocenters. The van der Waals surface area contributed by atoms with E-state index in [9.17, 15) is 14.0 Å². The van der Waals surface area contributed by atoms with E-state index in [1.54, 1.807) is 35.9 Å². The van der Waals surface area contributed by atoms with Crippen LogP contribution in [0.1, 0.15) is 22.3 Å². The molecule has 0 unspecified atom stereocenters. The Labute approximate surface area is 147 Å². The van der Waals surface area contributed by atoms with Crippen molar-refractivity contribution in [2.45, 2.75) is 13.3 Å². The van der Waals surface area contributed by atoms with Crippen molar-refractivity contribution in [3.8, 4) is 6.07 Å². The average Bonchev–Trinajstić information content (AvgIpc) is 2.62. The van der Waals surface area contributed by atoms with Crippen LogP contribution >= 0.6 is 0 Å². The van der Waals surface area contributed by atoms with Crippen molar-refractivity contribution in [3.63, 3.8) is 0 Å². The fourth-order valence-electron chi connectivity index (χ4n) is 2.67. The monoisotopic (exact) mass is 346 g/mol. The highest BCUT2D eigenvalue weighted by Gasteiger charge is 2.24. The van der Waals surface area contributed by atoms with Crippen LogP contribution in [0, 0.1) is 24.1 Å². The Morgan fingerprint density at radius 3 is 2.56 bits per heavy atom. The number of amides is 2. The van der Waals surface area contributed by atoms with Gasteiger partial charge < -0.3 is 9.80 Å². The van der Waals surface area contributed by atoms with E-state index >= 15 is 0 Å². The van der Waals surface area contributed by atoms with Crippen molar-refractivity contribution in [2.75, 3.05) is 46.3 Å². The summed E-state index contributed by atoms with van der Waals surface area (Å²) < 4.78 is 13.6. The van der Waals surface area contributed by atoms with Crippen molar-refractivity contribution < 1.29 is 14.0 Å². The molecule has 6 nitrogen and oxygen atoms in total. The van der Waals surface area contributed by atoms with E-state index in [0.29, 0.717) is 50.3 Å². The number of hydrogen-bond donors (Lipinski definition) is 0. The minimum Gasteiger partial charge on any atom is -0.344 e. The van der Waals surface area contributed by atoms with Gasteiger partial charge in [0.15, 0.2) is 0 Å². The zero-order valence-corrected chi connectivity index (χ0v) is 14.7. The first-order valence-electron chi connectivity index (χ1n) is 8.31. The number of nitriles is 1. The van der Waals surface area contributed by atoms with Crippen molar-refractivity contribution >= 4 is 11.8 Å². The Bertz CT molecular complexity index is 678. The van der Waals surface area contributed by atoms with Crippen LogP contribution in [-0.2, 0) is 4.79 Å². The van der Waals surface area contributed by atoms with Crippen LogP contribution in [-0.4, -0.2) is 72.8 Å². The van der Waals surface area contributed by atoms with Crippen molar-refractivity contribution in [3.05, 3.63) is 35.1 Å². The second-order valence-corrected chi connectivity index (χ2v) is 6.26. The van der Waals surface area contributed by atoms with Gasteiger partial charge in [-0.1, -0.05) is 6.07 Å². The van der Waals surface area contributed by atoms with Gasteiger partial charge in [0.25, 0.3) is 5.91 Å². The zero-order chi connectivity index (χ0) is 18.4. The quantitative estimate of drug-likeness (QED) is 0.805. The first-order valence-corrected chi connectivity index (χ1v) is 8.31. The van der Waals surface area contributed by atoms with Crippen LogP contribution in [0.15, 0.2) is 18.2 Å². The van der Waals surface area contributed by atoms with Crippen molar-refractivity contribution in [2.24, 2.45) is 0 Å². The topological polar surface area (TPSA) is 67.7 Å². The lowest BCUT2D eigenvalue weighted by atomic mass is 10.1. The van der Waals surface area contributed by atoms with E-state index in [-0.39, 0.29) is 24.2 Å². The van der Waals surface area contributed by atoms with E-state index in [0.717, 1.165) is 0 Å². The first-order chi connectivity index (χ1) is 11.9. The van der Waals surface area contributed by atoms with Gasteiger partial charge in [-0.15, -0.1) is 0 Å². The lowest BCUT2D eigenvalue weighted by Crippen LogP contribution is -2.51. The van der Waals surface area contributed by atoms with Gasteiger partial charge in [-0.3, -0.25) is 14.5 Å². The van der Waals surface area contributed by atoms with Gasteiger partial charge in [-0.25, -0.2) is 4.39 Å². The smallest absolute Gasteiger partial charge is 0.254 e. The Hall–Kier alpha value is -2.46. The highest BCUT2D eigenvalue weighted by atomic mass is 19.1. The lowest BCUT2D eigenvalue weighted by molar-refractivity contribution is -0.131. The zero-order valence-electron chi connectivity index (χ0n) is 14.7. The molecule has 2 rings (SSSR count). The van der Waals surface area contributed by atoms with Gasteiger partial charge in [0, 0.05) is 45.3 Å². The average molecular weight is 346 g/mol. The standard InChI is InChI=1S/C18H23FN4O2/c1-14-4-5-15(12-16(14)19)18(25)23-10-8-22(9-11-23)13-17(24)21(2)7-3-6-20/h4-5,12H,3,7-11,13H2,1-2H3. The fourth-order valence-corrected chi connectivity index (χ4v) is 2.67. The molecule has 0 saturated carbocycles. The molecular weight excluding hydrogens is 323 g/mol. The molecule has 0 aliphatic carbocycles. The Morgan fingerprint density at radius 2 is 1.96 bits per heavy atom. The minimum absolute atomic E-state index is 0.0318. The molecule has 1 heterocycles. The van der Waals surface area contributed by atoms with E-state index in [1.807, 2.05) is 11.0 Å². The molecule has 1 aliphatic heterocycles. The molecule has 7 heteroatoms. The number of hydrogen-bond acceptors (Lipinski definition) is 4. The number of piperazine rings is 1. The van der Waals surface area contributed by atoms with Crippen molar-refractivity contribution in [1.29, 1.82) is 5.26 Å². The van der Waals surface area contributed by atoms with Gasteiger partial charge in [-0.2, -0.15) is 5.26 Å². The number of nitrogens with zero attached hydrogens (tertiary/aromatic N) is 4. The van der Waals surface area contributed by atoms with Crippen LogP contribution in [0.2, 0.25) is 0 Å². The van der Waals surface area contributed by atoms with Crippen LogP contribution in [0.4, 0.5) is 4.39 Å². The Kier molecular flexibility index (Phi) is 6.48.